The van der Waals surface area contributed by atoms with Crippen molar-refractivity contribution in [2.45, 2.75) is 25.7 Å². The number of imide groups is 1. The van der Waals surface area contributed by atoms with E-state index >= 15 is 0 Å². The van der Waals surface area contributed by atoms with Gasteiger partial charge in [0.25, 0.3) is 0 Å². The lowest BCUT2D eigenvalue weighted by atomic mass is 9.85. The van der Waals surface area contributed by atoms with E-state index in [4.69, 9.17) is 4.52 Å². The molecule has 2 aliphatic rings. The fraction of sp³-hybridized carbons (Fsp3) is 0.368. The second-order valence-corrected chi connectivity index (χ2v) is 6.47. The first kappa shape index (κ1) is 15.7. The lowest BCUT2D eigenvalue weighted by Crippen LogP contribution is -2.32. The monoisotopic (exact) mass is 337 g/mol. The van der Waals surface area contributed by atoms with Crippen molar-refractivity contribution in [1.82, 2.24) is 15.0 Å². The van der Waals surface area contributed by atoms with Crippen molar-refractivity contribution in [2.24, 2.45) is 11.8 Å². The zero-order chi connectivity index (χ0) is 17.2. The van der Waals surface area contributed by atoms with Gasteiger partial charge in [-0.1, -0.05) is 47.6 Å². The summed E-state index contributed by atoms with van der Waals surface area (Å²) in [4.78, 5) is 30.6. The van der Waals surface area contributed by atoms with Gasteiger partial charge in [-0.25, -0.2) is 0 Å². The first-order valence-corrected chi connectivity index (χ1v) is 8.62. The summed E-state index contributed by atoms with van der Waals surface area (Å²) in [6, 6.07) is 9.62. The SMILES string of the molecule is O=C1[C@H]2CC=CC[C@H]2C(=O)N1CCCc1nc(-c2ccccc2)no1. The minimum atomic E-state index is -0.161. The van der Waals surface area contributed by atoms with Crippen LogP contribution in [0.15, 0.2) is 47.0 Å². The van der Waals surface area contributed by atoms with Gasteiger partial charge in [-0.15, -0.1) is 0 Å². The van der Waals surface area contributed by atoms with Crippen LogP contribution in [-0.2, 0) is 16.0 Å². The smallest absolute Gasteiger partial charge is 0.233 e. The number of fused-ring (bicyclic) bond motifs is 1. The molecular weight excluding hydrogens is 318 g/mol. The third kappa shape index (κ3) is 2.99. The van der Waals surface area contributed by atoms with Crippen molar-refractivity contribution in [2.75, 3.05) is 6.54 Å². The largest absolute Gasteiger partial charge is 0.339 e. The van der Waals surface area contributed by atoms with E-state index in [1.54, 1.807) is 0 Å². The van der Waals surface area contributed by atoms with Crippen LogP contribution in [0.25, 0.3) is 11.4 Å². The standard InChI is InChI=1S/C19H19N3O3/c23-18-14-9-4-5-10-15(14)19(24)22(18)12-6-11-16-20-17(21-25-16)13-7-2-1-3-8-13/h1-5,7-8,14-15H,6,9-12H2/t14-,15+. The van der Waals surface area contributed by atoms with E-state index in [2.05, 4.69) is 10.1 Å². The van der Waals surface area contributed by atoms with E-state index in [-0.39, 0.29) is 23.7 Å². The van der Waals surface area contributed by atoms with Crippen LogP contribution in [0, 0.1) is 11.8 Å². The number of carbonyl (C=O) groups excluding carboxylic acids is 2. The number of carbonyl (C=O) groups is 2. The quantitative estimate of drug-likeness (QED) is 0.619. The molecule has 0 saturated carbocycles. The molecule has 0 unspecified atom stereocenters. The van der Waals surface area contributed by atoms with Crippen molar-refractivity contribution in [3.63, 3.8) is 0 Å². The van der Waals surface area contributed by atoms with E-state index in [0.717, 1.165) is 5.56 Å². The van der Waals surface area contributed by atoms with E-state index in [1.807, 2.05) is 42.5 Å². The number of rotatable bonds is 5. The zero-order valence-corrected chi connectivity index (χ0v) is 13.8. The van der Waals surface area contributed by atoms with Crippen LogP contribution < -0.4 is 0 Å². The second-order valence-electron chi connectivity index (χ2n) is 6.47. The van der Waals surface area contributed by atoms with E-state index in [1.165, 1.54) is 4.90 Å². The number of aryl methyl sites for hydroxylation is 1. The minimum Gasteiger partial charge on any atom is -0.339 e. The van der Waals surface area contributed by atoms with Gasteiger partial charge in [-0.2, -0.15) is 4.98 Å². The first-order chi connectivity index (χ1) is 12.2. The summed E-state index contributed by atoms with van der Waals surface area (Å²) in [6.07, 6.45) is 6.52. The number of hydrogen-bond acceptors (Lipinski definition) is 5. The topological polar surface area (TPSA) is 76.3 Å². The molecule has 1 aliphatic carbocycles. The molecular formula is C19H19N3O3. The van der Waals surface area contributed by atoms with Gasteiger partial charge in [-0.05, 0) is 19.3 Å². The third-order valence-electron chi connectivity index (χ3n) is 4.87. The number of aromatic nitrogens is 2. The predicted molar refractivity (Wildman–Crippen MR) is 90.1 cm³/mol. The van der Waals surface area contributed by atoms with Gasteiger partial charge in [0.1, 0.15) is 0 Å². The molecule has 2 aromatic rings. The van der Waals surface area contributed by atoms with E-state index < -0.39 is 0 Å². The average molecular weight is 337 g/mol. The van der Waals surface area contributed by atoms with Gasteiger partial charge < -0.3 is 4.52 Å². The number of likely N-dealkylation sites (tertiary alicyclic amines) is 1. The number of hydrogen-bond donors (Lipinski definition) is 0. The van der Waals surface area contributed by atoms with Gasteiger partial charge in [0, 0.05) is 18.5 Å². The van der Waals surface area contributed by atoms with Crippen LogP contribution in [0.2, 0.25) is 0 Å². The van der Waals surface area contributed by atoms with Gasteiger partial charge in [-0.3, -0.25) is 14.5 Å². The third-order valence-corrected chi connectivity index (χ3v) is 4.87. The molecule has 6 heteroatoms. The Balaban J connectivity index is 1.35. The van der Waals surface area contributed by atoms with Crippen LogP contribution in [0.1, 0.15) is 25.2 Å². The Morgan fingerprint density at radius 2 is 1.72 bits per heavy atom. The Morgan fingerprint density at radius 1 is 1.04 bits per heavy atom. The maximum atomic E-state index is 12.4. The van der Waals surface area contributed by atoms with Crippen LogP contribution in [0.3, 0.4) is 0 Å². The number of nitrogens with zero attached hydrogens (tertiary/aromatic N) is 3. The van der Waals surface area contributed by atoms with Gasteiger partial charge in [0.15, 0.2) is 0 Å². The lowest BCUT2D eigenvalue weighted by Gasteiger charge is -2.14. The highest BCUT2D eigenvalue weighted by molar-refractivity contribution is 6.05. The summed E-state index contributed by atoms with van der Waals surface area (Å²) in [5.41, 5.74) is 0.902. The summed E-state index contributed by atoms with van der Waals surface area (Å²) in [7, 11) is 0. The van der Waals surface area contributed by atoms with Crippen molar-refractivity contribution >= 4 is 11.8 Å². The highest BCUT2D eigenvalue weighted by Crippen LogP contribution is 2.35. The Kier molecular flexibility index (Phi) is 4.17. The highest BCUT2D eigenvalue weighted by Gasteiger charge is 2.46. The molecule has 1 aliphatic heterocycles. The number of benzene rings is 1. The molecule has 4 rings (SSSR count). The normalized spacial score (nSPS) is 22.5. The highest BCUT2D eigenvalue weighted by atomic mass is 16.5. The summed E-state index contributed by atoms with van der Waals surface area (Å²) in [6.45, 7) is 0.410. The molecule has 6 nitrogen and oxygen atoms in total. The Morgan fingerprint density at radius 3 is 2.40 bits per heavy atom. The molecule has 0 radical (unpaired) electrons. The van der Waals surface area contributed by atoms with Gasteiger partial charge >= 0.3 is 0 Å². The summed E-state index contributed by atoms with van der Waals surface area (Å²) in [5.74, 6) is 0.693. The second kappa shape index (κ2) is 6.63. The summed E-state index contributed by atoms with van der Waals surface area (Å²) < 4.78 is 5.27. The molecule has 2 atom stereocenters. The van der Waals surface area contributed by atoms with Crippen molar-refractivity contribution < 1.29 is 14.1 Å². The molecule has 2 amide bonds. The van der Waals surface area contributed by atoms with Crippen LogP contribution >= 0.6 is 0 Å². The lowest BCUT2D eigenvalue weighted by molar-refractivity contribution is -0.139. The Bertz CT molecular complexity index is 786. The van der Waals surface area contributed by atoms with Crippen LogP contribution in [-0.4, -0.2) is 33.4 Å². The first-order valence-electron chi connectivity index (χ1n) is 8.62. The number of amides is 2. The maximum absolute atomic E-state index is 12.4. The molecule has 0 N–H and O–H groups in total. The zero-order valence-electron chi connectivity index (χ0n) is 13.8. The van der Waals surface area contributed by atoms with Crippen LogP contribution in [0.4, 0.5) is 0 Å². The molecule has 0 spiro atoms. The van der Waals surface area contributed by atoms with E-state index in [9.17, 15) is 9.59 Å². The van der Waals surface area contributed by atoms with Crippen molar-refractivity contribution in [3.8, 4) is 11.4 Å². The van der Waals surface area contributed by atoms with Gasteiger partial charge in [0.05, 0.1) is 11.8 Å². The van der Waals surface area contributed by atoms with Crippen molar-refractivity contribution in [3.05, 3.63) is 48.4 Å². The molecule has 25 heavy (non-hydrogen) atoms. The molecule has 0 bridgehead atoms. The maximum Gasteiger partial charge on any atom is 0.233 e. The molecule has 1 fully saturated rings. The number of allylic oxidation sites excluding steroid dienone is 2. The van der Waals surface area contributed by atoms with Crippen molar-refractivity contribution in [1.29, 1.82) is 0 Å². The Hall–Kier alpha value is -2.76. The summed E-state index contributed by atoms with van der Waals surface area (Å²) in [5, 5.41) is 3.98. The Labute approximate surface area is 145 Å². The molecule has 1 aromatic heterocycles. The molecule has 1 saturated heterocycles. The minimum absolute atomic E-state index is 0.0325. The van der Waals surface area contributed by atoms with Gasteiger partial charge in [0.2, 0.25) is 23.5 Å². The fourth-order valence-electron chi connectivity index (χ4n) is 3.54. The average Bonchev–Trinajstić information content (AvgIpc) is 3.22. The summed E-state index contributed by atoms with van der Waals surface area (Å²) >= 11 is 0. The molecule has 1 aromatic carbocycles. The molecule has 128 valence electrons. The van der Waals surface area contributed by atoms with Crippen LogP contribution in [0.5, 0.6) is 0 Å². The molecule has 2 heterocycles. The fourth-order valence-corrected chi connectivity index (χ4v) is 3.54. The van der Waals surface area contributed by atoms with E-state index in [0.29, 0.717) is 43.9 Å². The predicted octanol–water partition coefficient (Wildman–Crippen LogP) is 2.62.